The summed E-state index contributed by atoms with van der Waals surface area (Å²) in [5, 5.41) is 10.4. The molecule has 1 aromatic carbocycles. The number of anilines is 1. The van der Waals surface area contributed by atoms with E-state index in [0.717, 1.165) is 28.8 Å². The summed E-state index contributed by atoms with van der Waals surface area (Å²) < 4.78 is 0. The van der Waals surface area contributed by atoms with Crippen LogP contribution in [0.3, 0.4) is 0 Å². The van der Waals surface area contributed by atoms with Crippen molar-refractivity contribution in [1.29, 1.82) is 0 Å². The third kappa shape index (κ3) is 1.86. The molecule has 0 saturated carbocycles. The van der Waals surface area contributed by atoms with Gasteiger partial charge in [0.2, 0.25) is 0 Å². The molecule has 0 amide bonds. The molecule has 2 aromatic rings. The largest absolute Gasteiger partial charge is 0.392 e. The highest BCUT2D eigenvalue weighted by atomic mass is 16.3. The van der Waals surface area contributed by atoms with E-state index in [1.807, 2.05) is 42.3 Å². The van der Waals surface area contributed by atoms with Crippen LogP contribution < -0.4 is 4.90 Å². The number of aliphatic hydroxyl groups is 1. The fourth-order valence-electron chi connectivity index (χ4n) is 1.75. The minimum absolute atomic E-state index is 0.0253. The Morgan fingerprint density at radius 1 is 1.31 bits per heavy atom. The van der Waals surface area contributed by atoms with Gasteiger partial charge in [-0.25, -0.2) is 4.98 Å². The van der Waals surface area contributed by atoms with Crippen LogP contribution in [0.5, 0.6) is 0 Å². The van der Waals surface area contributed by atoms with Crippen LogP contribution in [0, 0.1) is 0 Å². The molecule has 1 heterocycles. The first-order valence-corrected chi connectivity index (χ1v) is 5.47. The van der Waals surface area contributed by atoms with Crippen LogP contribution in [-0.2, 0) is 6.61 Å². The van der Waals surface area contributed by atoms with Gasteiger partial charge in [0, 0.05) is 24.5 Å². The Bertz CT molecular complexity index is 496. The lowest BCUT2D eigenvalue weighted by Gasteiger charge is -2.19. The number of aromatic nitrogens is 1. The maximum Gasteiger partial charge on any atom is 0.134 e. The molecule has 0 saturated heterocycles. The standard InChI is InChI=1S/C13H16N2O/c1-3-15(2)13-11(9-16)8-10-6-4-5-7-12(10)14-13/h4-8,16H,3,9H2,1-2H3. The van der Waals surface area contributed by atoms with Gasteiger partial charge in [-0.2, -0.15) is 0 Å². The van der Waals surface area contributed by atoms with Gasteiger partial charge in [0.15, 0.2) is 0 Å². The van der Waals surface area contributed by atoms with Crippen molar-refractivity contribution in [1.82, 2.24) is 4.98 Å². The van der Waals surface area contributed by atoms with E-state index in [9.17, 15) is 5.11 Å². The molecule has 1 N–H and O–H groups in total. The van der Waals surface area contributed by atoms with Crippen molar-refractivity contribution < 1.29 is 5.11 Å². The van der Waals surface area contributed by atoms with Gasteiger partial charge in [-0.15, -0.1) is 0 Å². The smallest absolute Gasteiger partial charge is 0.134 e. The average Bonchev–Trinajstić information content (AvgIpc) is 2.36. The van der Waals surface area contributed by atoms with E-state index in [0.29, 0.717) is 0 Å². The predicted octanol–water partition coefficient (Wildman–Crippen LogP) is 2.18. The minimum Gasteiger partial charge on any atom is -0.392 e. The van der Waals surface area contributed by atoms with Gasteiger partial charge in [0.1, 0.15) is 5.82 Å². The Balaban J connectivity index is 2.62. The number of hydrogen-bond acceptors (Lipinski definition) is 3. The molecule has 3 nitrogen and oxygen atoms in total. The summed E-state index contributed by atoms with van der Waals surface area (Å²) in [6.07, 6.45) is 0. The summed E-state index contributed by atoms with van der Waals surface area (Å²) in [5.41, 5.74) is 1.85. The van der Waals surface area contributed by atoms with Crippen molar-refractivity contribution in [3.63, 3.8) is 0 Å². The van der Waals surface area contributed by atoms with Crippen LogP contribution in [-0.4, -0.2) is 23.7 Å². The van der Waals surface area contributed by atoms with E-state index in [-0.39, 0.29) is 6.61 Å². The zero-order chi connectivity index (χ0) is 11.5. The van der Waals surface area contributed by atoms with E-state index in [1.165, 1.54) is 0 Å². The van der Waals surface area contributed by atoms with Crippen LogP contribution in [0.1, 0.15) is 12.5 Å². The molecule has 16 heavy (non-hydrogen) atoms. The van der Waals surface area contributed by atoms with Gasteiger partial charge >= 0.3 is 0 Å². The Hall–Kier alpha value is -1.61. The second-order valence-electron chi connectivity index (χ2n) is 3.84. The fourth-order valence-corrected chi connectivity index (χ4v) is 1.75. The van der Waals surface area contributed by atoms with Crippen molar-refractivity contribution in [2.75, 3.05) is 18.5 Å². The summed E-state index contributed by atoms with van der Waals surface area (Å²) in [4.78, 5) is 6.62. The lowest BCUT2D eigenvalue weighted by Crippen LogP contribution is -2.19. The number of fused-ring (bicyclic) bond motifs is 1. The maximum atomic E-state index is 9.36. The summed E-state index contributed by atoms with van der Waals surface area (Å²) in [7, 11) is 1.98. The number of rotatable bonds is 3. The number of nitrogens with zero attached hydrogens (tertiary/aromatic N) is 2. The molecule has 0 aliphatic rings. The van der Waals surface area contributed by atoms with Gasteiger partial charge in [-0.1, -0.05) is 18.2 Å². The summed E-state index contributed by atoms with van der Waals surface area (Å²) in [6, 6.07) is 9.96. The Labute approximate surface area is 95.3 Å². The van der Waals surface area contributed by atoms with Gasteiger partial charge in [0.05, 0.1) is 12.1 Å². The van der Waals surface area contributed by atoms with Gasteiger partial charge in [-0.3, -0.25) is 0 Å². The molecule has 84 valence electrons. The van der Waals surface area contributed by atoms with Gasteiger partial charge in [-0.05, 0) is 19.1 Å². The van der Waals surface area contributed by atoms with Crippen LogP contribution in [0.15, 0.2) is 30.3 Å². The molecule has 3 heteroatoms. The van der Waals surface area contributed by atoms with Crippen molar-refractivity contribution in [3.05, 3.63) is 35.9 Å². The zero-order valence-electron chi connectivity index (χ0n) is 9.64. The topological polar surface area (TPSA) is 36.4 Å². The van der Waals surface area contributed by atoms with E-state index in [2.05, 4.69) is 11.9 Å². The molecule has 0 radical (unpaired) electrons. The van der Waals surface area contributed by atoms with E-state index < -0.39 is 0 Å². The van der Waals surface area contributed by atoms with Crippen molar-refractivity contribution >= 4 is 16.7 Å². The second-order valence-corrected chi connectivity index (χ2v) is 3.84. The molecule has 1 aromatic heterocycles. The first-order chi connectivity index (χ1) is 7.76. The van der Waals surface area contributed by atoms with Crippen LogP contribution in [0.4, 0.5) is 5.82 Å². The zero-order valence-corrected chi connectivity index (χ0v) is 9.64. The van der Waals surface area contributed by atoms with Gasteiger partial charge in [0.25, 0.3) is 0 Å². The van der Waals surface area contributed by atoms with Crippen LogP contribution in [0.25, 0.3) is 10.9 Å². The molecule has 0 fully saturated rings. The van der Waals surface area contributed by atoms with E-state index >= 15 is 0 Å². The molecule has 0 unspecified atom stereocenters. The number of benzene rings is 1. The number of aliphatic hydroxyl groups excluding tert-OH is 1. The summed E-state index contributed by atoms with van der Waals surface area (Å²) in [6.45, 7) is 2.97. The monoisotopic (exact) mass is 216 g/mol. The predicted molar refractivity (Wildman–Crippen MR) is 66.6 cm³/mol. The Morgan fingerprint density at radius 2 is 2.06 bits per heavy atom. The highest BCUT2D eigenvalue weighted by molar-refractivity contribution is 5.81. The summed E-state index contributed by atoms with van der Waals surface area (Å²) in [5.74, 6) is 0.865. The first-order valence-electron chi connectivity index (χ1n) is 5.47. The van der Waals surface area contributed by atoms with Crippen LogP contribution >= 0.6 is 0 Å². The first kappa shape index (κ1) is 10.9. The second kappa shape index (κ2) is 4.49. The van der Waals surface area contributed by atoms with Gasteiger partial charge < -0.3 is 10.0 Å². The quantitative estimate of drug-likeness (QED) is 0.854. The molecule has 0 aliphatic heterocycles. The fraction of sp³-hybridized carbons (Fsp3) is 0.308. The molecule has 0 aliphatic carbocycles. The molecular formula is C13H16N2O. The molecule has 0 bridgehead atoms. The molecule has 0 atom stereocenters. The van der Waals surface area contributed by atoms with Crippen molar-refractivity contribution in [2.24, 2.45) is 0 Å². The highest BCUT2D eigenvalue weighted by Crippen LogP contribution is 2.22. The number of para-hydroxylation sites is 1. The van der Waals surface area contributed by atoms with E-state index in [4.69, 9.17) is 0 Å². The van der Waals surface area contributed by atoms with Crippen molar-refractivity contribution in [3.8, 4) is 0 Å². The van der Waals surface area contributed by atoms with Crippen LogP contribution in [0.2, 0.25) is 0 Å². The Morgan fingerprint density at radius 3 is 2.75 bits per heavy atom. The lowest BCUT2D eigenvalue weighted by atomic mass is 10.1. The molecular weight excluding hydrogens is 200 g/mol. The molecule has 0 spiro atoms. The third-order valence-electron chi connectivity index (χ3n) is 2.79. The lowest BCUT2D eigenvalue weighted by molar-refractivity contribution is 0.282. The van der Waals surface area contributed by atoms with E-state index in [1.54, 1.807) is 0 Å². The highest BCUT2D eigenvalue weighted by Gasteiger charge is 2.08. The average molecular weight is 216 g/mol. The minimum atomic E-state index is 0.0253. The maximum absolute atomic E-state index is 9.36. The third-order valence-corrected chi connectivity index (χ3v) is 2.79. The normalized spacial score (nSPS) is 10.7. The SMILES string of the molecule is CCN(C)c1nc2ccccc2cc1CO. The summed E-state index contributed by atoms with van der Waals surface area (Å²) >= 11 is 0. The number of pyridine rings is 1. The Kier molecular flexibility index (Phi) is 3.06. The van der Waals surface area contributed by atoms with Crippen molar-refractivity contribution in [2.45, 2.75) is 13.5 Å². The number of hydrogen-bond donors (Lipinski definition) is 1. The molecule has 2 rings (SSSR count).